The maximum absolute atomic E-state index is 12.3. The van der Waals surface area contributed by atoms with Crippen molar-refractivity contribution in [3.8, 4) is 0 Å². The summed E-state index contributed by atoms with van der Waals surface area (Å²) in [7, 11) is 0. The number of fused-ring (bicyclic) bond motifs is 1. The molecule has 0 unspecified atom stereocenters. The molecule has 0 saturated carbocycles. The van der Waals surface area contributed by atoms with Gasteiger partial charge < -0.3 is 10.0 Å². The van der Waals surface area contributed by atoms with E-state index in [-0.39, 0.29) is 23.1 Å². The molecule has 100 valence electrons. The zero-order valence-electron chi connectivity index (χ0n) is 10.2. The summed E-state index contributed by atoms with van der Waals surface area (Å²) in [4.78, 5) is 30.8. The monoisotopic (exact) mass is 279 g/mol. The second-order valence-corrected chi connectivity index (χ2v) is 5.43. The van der Waals surface area contributed by atoms with E-state index >= 15 is 0 Å². The summed E-state index contributed by atoms with van der Waals surface area (Å²) in [6.07, 6.45) is 3.73. The van der Waals surface area contributed by atoms with Gasteiger partial charge in [0.15, 0.2) is 4.96 Å². The van der Waals surface area contributed by atoms with Crippen LogP contribution in [0.3, 0.4) is 0 Å². The molecule has 2 aromatic rings. The molecule has 19 heavy (non-hydrogen) atoms. The molecular weight excluding hydrogens is 266 g/mol. The molecule has 0 spiro atoms. The molecule has 0 bridgehead atoms. The lowest BCUT2D eigenvalue weighted by molar-refractivity contribution is 0.0544. The number of likely N-dealkylation sites (tertiary alicyclic amines) is 1. The molecule has 1 amide bonds. The van der Waals surface area contributed by atoms with Crippen molar-refractivity contribution in [2.45, 2.75) is 18.9 Å². The van der Waals surface area contributed by atoms with Gasteiger partial charge in [-0.2, -0.15) is 0 Å². The number of nitrogens with zero attached hydrogens (tertiary/aromatic N) is 3. The number of hydrogen-bond acceptors (Lipinski definition) is 5. The Hall–Kier alpha value is -1.73. The fourth-order valence-corrected chi connectivity index (χ4v) is 2.89. The summed E-state index contributed by atoms with van der Waals surface area (Å²) < 4.78 is 1.39. The molecule has 0 aromatic carbocycles. The zero-order chi connectivity index (χ0) is 13.4. The number of hydrogen-bond donors (Lipinski definition) is 1. The number of amides is 1. The Bertz CT molecular complexity index is 670. The van der Waals surface area contributed by atoms with Crippen LogP contribution < -0.4 is 5.56 Å². The predicted octanol–water partition coefficient (Wildman–Crippen LogP) is 0.353. The molecule has 0 radical (unpaired) electrons. The van der Waals surface area contributed by atoms with Gasteiger partial charge in [0.25, 0.3) is 11.5 Å². The van der Waals surface area contributed by atoms with Crippen molar-refractivity contribution < 1.29 is 9.90 Å². The second-order valence-electron chi connectivity index (χ2n) is 4.56. The van der Waals surface area contributed by atoms with Crippen LogP contribution in [0.1, 0.15) is 23.2 Å². The maximum Gasteiger partial charge on any atom is 0.271 e. The van der Waals surface area contributed by atoms with Gasteiger partial charge in [0, 0.05) is 30.9 Å². The molecular formula is C12H13N3O3S. The van der Waals surface area contributed by atoms with Crippen LogP contribution in [-0.2, 0) is 0 Å². The topological polar surface area (TPSA) is 74.9 Å². The SMILES string of the molecule is O=C(c1cnc2sccn2c1=O)N1CCC(O)CC1. The molecule has 3 heterocycles. The van der Waals surface area contributed by atoms with Crippen LogP contribution in [0.25, 0.3) is 4.96 Å². The number of aliphatic hydroxyl groups is 1. The summed E-state index contributed by atoms with van der Waals surface area (Å²) in [5.41, 5.74) is -0.241. The minimum absolute atomic E-state index is 0.0901. The molecule has 1 fully saturated rings. The van der Waals surface area contributed by atoms with E-state index in [0.717, 1.165) is 0 Å². The molecule has 6 nitrogen and oxygen atoms in total. The van der Waals surface area contributed by atoms with E-state index in [1.165, 1.54) is 21.9 Å². The first-order chi connectivity index (χ1) is 9.16. The second kappa shape index (κ2) is 4.75. The van der Waals surface area contributed by atoms with Gasteiger partial charge in [-0.15, -0.1) is 11.3 Å². The minimum Gasteiger partial charge on any atom is -0.393 e. The van der Waals surface area contributed by atoms with E-state index in [0.29, 0.717) is 30.9 Å². The van der Waals surface area contributed by atoms with Gasteiger partial charge in [0.1, 0.15) is 5.56 Å². The molecule has 3 rings (SSSR count). The Morgan fingerprint density at radius 1 is 1.42 bits per heavy atom. The van der Waals surface area contributed by atoms with Crippen LogP contribution in [-0.4, -0.2) is 44.5 Å². The molecule has 0 atom stereocenters. The Labute approximate surface area is 112 Å². The van der Waals surface area contributed by atoms with Crippen molar-refractivity contribution >= 4 is 22.2 Å². The van der Waals surface area contributed by atoms with E-state index in [1.54, 1.807) is 16.5 Å². The van der Waals surface area contributed by atoms with Crippen LogP contribution in [0.4, 0.5) is 0 Å². The Morgan fingerprint density at radius 2 is 2.16 bits per heavy atom. The van der Waals surface area contributed by atoms with Gasteiger partial charge in [-0.1, -0.05) is 0 Å². The van der Waals surface area contributed by atoms with Crippen molar-refractivity contribution in [3.63, 3.8) is 0 Å². The van der Waals surface area contributed by atoms with Gasteiger partial charge in [-0.05, 0) is 12.8 Å². The van der Waals surface area contributed by atoms with Crippen LogP contribution in [0.5, 0.6) is 0 Å². The third-order valence-electron chi connectivity index (χ3n) is 3.32. The number of rotatable bonds is 1. The molecule has 7 heteroatoms. The summed E-state index contributed by atoms with van der Waals surface area (Å²) in [5.74, 6) is -0.301. The highest BCUT2D eigenvalue weighted by molar-refractivity contribution is 7.15. The quantitative estimate of drug-likeness (QED) is 0.817. The molecule has 1 aliphatic rings. The van der Waals surface area contributed by atoms with Gasteiger partial charge in [-0.3, -0.25) is 14.0 Å². The highest BCUT2D eigenvalue weighted by atomic mass is 32.1. The largest absolute Gasteiger partial charge is 0.393 e. The van der Waals surface area contributed by atoms with E-state index in [1.807, 2.05) is 0 Å². The fraction of sp³-hybridized carbons (Fsp3) is 0.417. The Kier molecular flexibility index (Phi) is 3.08. The van der Waals surface area contributed by atoms with E-state index in [2.05, 4.69) is 4.98 Å². The van der Waals surface area contributed by atoms with Gasteiger partial charge in [0.2, 0.25) is 0 Å². The summed E-state index contributed by atoms with van der Waals surface area (Å²) in [6.45, 7) is 0.956. The van der Waals surface area contributed by atoms with Crippen LogP contribution in [0, 0.1) is 0 Å². The summed E-state index contributed by atoms with van der Waals surface area (Å²) >= 11 is 1.35. The normalized spacial score (nSPS) is 17.0. The number of carbonyl (C=O) groups excluding carboxylic acids is 1. The van der Waals surface area contributed by atoms with Crippen molar-refractivity contribution in [1.82, 2.24) is 14.3 Å². The molecule has 1 aliphatic heterocycles. The van der Waals surface area contributed by atoms with Gasteiger partial charge in [0.05, 0.1) is 6.10 Å². The minimum atomic E-state index is -0.345. The first-order valence-electron chi connectivity index (χ1n) is 6.09. The standard InChI is InChI=1S/C12H13N3O3S/c16-8-1-3-14(4-2-8)10(17)9-7-13-12-15(11(9)18)5-6-19-12/h5-8,16H,1-4H2. The van der Waals surface area contributed by atoms with E-state index < -0.39 is 0 Å². The first kappa shape index (κ1) is 12.3. The molecule has 1 saturated heterocycles. The highest BCUT2D eigenvalue weighted by Crippen LogP contribution is 2.13. The van der Waals surface area contributed by atoms with Gasteiger partial charge in [-0.25, -0.2) is 4.98 Å². The zero-order valence-corrected chi connectivity index (χ0v) is 11.0. The molecule has 0 aliphatic carbocycles. The van der Waals surface area contributed by atoms with Gasteiger partial charge >= 0.3 is 0 Å². The average molecular weight is 279 g/mol. The Morgan fingerprint density at radius 3 is 2.89 bits per heavy atom. The lowest BCUT2D eigenvalue weighted by Gasteiger charge is -2.29. The van der Waals surface area contributed by atoms with Crippen molar-refractivity contribution in [2.24, 2.45) is 0 Å². The Balaban J connectivity index is 1.93. The third kappa shape index (κ3) is 2.15. The molecule has 2 aromatic heterocycles. The van der Waals surface area contributed by atoms with Crippen LogP contribution in [0.2, 0.25) is 0 Å². The number of aliphatic hydroxyl groups excluding tert-OH is 1. The summed E-state index contributed by atoms with van der Waals surface area (Å²) in [5, 5.41) is 11.2. The highest BCUT2D eigenvalue weighted by Gasteiger charge is 2.24. The first-order valence-corrected chi connectivity index (χ1v) is 6.97. The third-order valence-corrected chi connectivity index (χ3v) is 4.10. The fourth-order valence-electron chi connectivity index (χ4n) is 2.21. The number of piperidine rings is 1. The van der Waals surface area contributed by atoms with Crippen LogP contribution in [0.15, 0.2) is 22.6 Å². The lowest BCUT2D eigenvalue weighted by Crippen LogP contribution is -2.42. The van der Waals surface area contributed by atoms with E-state index in [9.17, 15) is 14.7 Å². The van der Waals surface area contributed by atoms with Crippen molar-refractivity contribution in [3.05, 3.63) is 33.7 Å². The maximum atomic E-state index is 12.3. The van der Waals surface area contributed by atoms with Crippen molar-refractivity contribution in [1.29, 1.82) is 0 Å². The number of aromatic nitrogens is 2. The lowest BCUT2D eigenvalue weighted by atomic mass is 10.1. The average Bonchev–Trinajstić information content (AvgIpc) is 2.88. The van der Waals surface area contributed by atoms with E-state index in [4.69, 9.17) is 0 Å². The van der Waals surface area contributed by atoms with Crippen molar-refractivity contribution in [2.75, 3.05) is 13.1 Å². The number of carbonyl (C=O) groups is 1. The summed E-state index contributed by atoms with van der Waals surface area (Å²) in [6, 6.07) is 0. The number of thiazole rings is 1. The molecule has 1 N–H and O–H groups in total. The predicted molar refractivity (Wildman–Crippen MR) is 70.5 cm³/mol. The smallest absolute Gasteiger partial charge is 0.271 e. The van der Waals surface area contributed by atoms with Crippen LogP contribution >= 0.6 is 11.3 Å².